The Balaban J connectivity index is 2.31. The highest BCUT2D eigenvalue weighted by molar-refractivity contribution is 5.96. The standard InChI is InChI=1S/C15H18N2O5/c1-9-6-10(2)13(17(21)22)7-12(9)14(18)16-5-3-4-11(8-16)15(19)20/h6-7,11H,3-5,8H2,1-2H3,(H,19,20)/t11-/m0/s1. The second-order valence-electron chi connectivity index (χ2n) is 5.64. The summed E-state index contributed by atoms with van der Waals surface area (Å²) in [5, 5.41) is 20.1. The third kappa shape index (κ3) is 3.08. The molecule has 0 aromatic heterocycles. The first-order chi connectivity index (χ1) is 10.3. The van der Waals surface area contributed by atoms with Gasteiger partial charge in [0.2, 0.25) is 0 Å². The summed E-state index contributed by atoms with van der Waals surface area (Å²) in [7, 11) is 0. The highest BCUT2D eigenvalue weighted by Gasteiger charge is 2.30. The van der Waals surface area contributed by atoms with Crippen LogP contribution in [0.4, 0.5) is 5.69 Å². The van der Waals surface area contributed by atoms with Crippen LogP contribution in [-0.4, -0.2) is 39.9 Å². The molecule has 1 aliphatic rings. The Morgan fingerprint density at radius 2 is 2.00 bits per heavy atom. The number of aryl methyl sites for hydroxylation is 2. The second kappa shape index (κ2) is 6.13. The van der Waals surface area contributed by atoms with Crippen LogP contribution in [0.1, 0.15) is 34.3 Å². The molecule has 1 aromatic carbocycles. The molecule has 0 saturated carbocycles. The zero-order valence-corrected chi connectivity index (χ0v) is 12.5. The molecule has 118 valence electrons. The highest BCUT2D eigenvalue weighted by atomic mass is 16.6. The first-order valence-corrected chi connectivity index (χ1v) is 7.09. The van der Waals surface area contributed by atoms with Gasteiger partial charge < -0.3 is 10.0 Å². The van der Waals surface area contributed by atoms with Crippen LogP contribution < -0.4 is 0 Å². The number of carboxylic acids is 1. The minimum atomic E-state index is -0.913. The van der Waals surface area contributed by atoms with E-state index >= 15 is 0 Å². The summed E-state index contributed by atoms with van der Waals surface area (Å²) in [6.07, 6.45) is 1.17. The maximum Gasteiger partial charge on any atom is 0.308 e. The van der Waals surface area contributed by atoms with Crippen LogP contribution in [0.5, 0.6) is 0 Å². The van der Waals surface area contributed by atoms with E-state index in [0.29, 0.717) is 30.5 Å². The SMILES string of the molecule is Cc1cc(C)c([N+](=O)[O-])cc1C(=O)N1CCC[C@H](C(=O)O)C1. The summed E-state index contributed by atoms with van der Waals surface area (Å²) in [6.45, 7) is 3.97. The Kier molecular flexibility index (Phi) is 4.44. The fourth-order valence-corrected chi connectivity index (χ4v) is 2.80. The molecule has 0 unspecified atom stereocenters. The van der Waals surface area contributed by atoms with Gasteiger partial charge >= 0.3 is 5.97 Å². The predicted molar refractivity (Wildman–Crippen MR) is 78.8 cm³/mol. The molecule has 1 saturated heterocycles. The van der Waals surface area contributed by atoms with E-state index in [9.17, 15) is 19.7 Å². The maximum absolute atomic E-state index is 12.6. The van der Waals surface area contributed by atoms with Gasteiger partial charge in [-0.15, -0.1) is 0 Å². The zero-order valence-electron chi connectivity index (χ0n) is 12.5. The van der Waals surface area contributed by atoms with Gasteiger partial charge in [-0.25, -0.2) is 0 Å². The van der Waals surface area contributed by atoms with Gasteiger partial charge in [-0.05, 0) is 38.3 Å². The van der Waals surface area contributed by atoms with Gasteiger partial charge in [-0.2, -0.15) is 0 Å². The fraction of sp³-hybridized carbons (Fsp3) is 0.467. The van der Waals surface area contributed by atoms with E-state index in [4.69, 9.17) is 5.11 Å². The predicted octanol–water partition coefficient (Wildman–Crippen LogP) is 2.15. The van der Waals surface area contributed by atoms with Crippen LogP contribution in [0, 0.1) is 29.9 Å². The molecule has 2 rings (SSSR count). The Labute approximate surface area is 127 Å². The largest absolute Gasteiger partial charge is 0.481 e. The van der Waals surface area contributed by atoms with Crippen molar-refractivity contribution in [3.05, 3.63) is 38.9 Å². The van der Waals surface area contributed by atoms with Crippen molar-refractivity contribution in [3.8, 4) is 0 Å². The Morgan fingerprint density at radius 3 is 2.59 bits per heavy atom. The molecule has 1 aromatic rings. The van der Waals surface area contributed by atoms with Gasteiger partial charge in [0.1, 0.15) is 0 Å². The highest BCUT2D eigenvalue weighted by Crippen LogP contribution is 2.25. The molecular weight excluding hydrogens is 288 g/mol. The fourth-order valence-electron chi connectivity index (χ4n) is 2.80. The number of carbonyl (C=O) groups excluding carboxylic acids is 1. The molecule has 0 radical (unpaired) electrons. The van der Waals surface area contributed by atoms with Gasteiger partial charge in [0.15, 0.2) is 0 Å². The van der Waals surface area contributed by atoms with E-state index in [0.717, 1.165) is 0 Å². The van der Waals surface area contributed by atoms with Gasteiger partial charge in [0.25, 0.3) is 11.6 Å². The van der Waals surface area contributed by atoms with E-state index in [1.165, 1.54) is 11.0 Å². The van der Waals surface area contributed by atoms with Crippen LogP contribution in [0.2, 0.25) is 0 Å². The Bertz CT molecular complexity index is 641. The molecule has 1 N–H and O–H groups in total. The van der Waals surface area contributed by atoms with Crippen LogP contribution in [0.25, 0.3) is 0 Å². The van der Waals surface area contributed by atoms with Crippen molar-refractivity contribution in [1.29, 1.82) is 0 Å². The topological polar surface area (TPSA) is 101 Å². The van der Waals surface area contributed by atoms with Gasteiger partial charge in [-0.1, -0.05) is 0 Å². The van der Waals surface area contributed by atoms with Crippen molar-refractivity contribution in [1.82, 2.24) is 4.90 Å². The number of likely N-dealkylation sites (tertiary alicyclic amines) is 1. The van der Waals surface area contributed by atoms with Gasteiger partial charge in [-0.3, -0.25) is 19.7 Å². The Hall–Kier alpha value is -2.44. The van der Waals surface area contributed by atoms with E-state index < -0.39 is 16.8 Å². The van der Waals surface area contributed by atoms with Crippen molar-refractivity contribution in [2.24, 2.45) is 5.92 Å². The lowest BCUT2D eigenvalue weighted by atomic mass is 9.96. The third-order valence-electron chi connectivity index (χ3n) is 4.03. The normalized spacial score (nSPS) is 18.1. The minimum absolute atomic E-state index is 0.0965. The summed E-state index contributed by atoms with van der Waals surface area (Å²) in [5.74, 6) is -1.82. The number of nitro groups is 1. The van der Waals surface area contributed by atoms with E-state index in [1.54, 1.807) is 19.9 Å². The molecule has 7 heteroatoms. The number of hydrogen-bond donors (Lipinski definition) is 1. The van der Waals surface area contributed by atoms with E-state index in [-0.39, 0.29) is 23.7 Å². The second-order valence-corrected chi connectivity index (χ2v) is 5.64. The molecule has 0 bridgehead atoms. The summed E-state index contributed by atoms with van der Waals surface area (Å²) >= 11 is 0. The van der Waals surface area contributed by atoms with Crippen LogP contribution in [0.15, 0.2) is 12.1 Å². The molecule has 1 heterocycles. The summed E-state index contributed by atoms with van der Waals surface area (Å²) in [4.78, 5) is 35.7. The minimum Gasteiger partial charge on any atom is -0.481 e. The number of carboxylic acid groups (broad SMARTS) is 1. The number of nitro benzene ring substituents is 1. The van der Waals surface area contributed by atoms with Crippen molar-refractivity contribution in [2.45, 2.75) is 26.7 Å². The summed E-state index contributed by atoms with van der Waals surface area (Å²) in [6, 6.07) is 2.90. The number of hydrogen-bond acceptors (Lipinski definition) is 4. The van der Waals surface area contributed by atoms with Crippen LogP contribution in [0.3, 0.4) is 0 Å². The van der Waals surface area contributed by atoms with E-state index in [2.05, 4.69) is 0 Å². The van der Waals surface area contributed by atoms with E-state index in [1.807, 2.05) is 0 Å². The molecule has 1 atom stereocenters. The zero-order chi connectivity index (χ0) is 16.4. The number of amides is 1. The number of benzene rings is 1. The van der Waals surface area contributed by atoms with Crippen molar-refractivity contribution in [3.63, 3.8) is 0 Å². The monoisotopic (exact) mass is 306 g/mol. The third-order valence-corrected chi connectivity index (χ3v) is 4.03. The van der Waals surface area contributed by atoms with Crippen LogP contribution in [-0.2, 0) is 4.79 Å². The lowest BCUT2D eigenvalue weighted by Crippen LogP contribution is -2.42. The number of aliphatic carboxylic acids is 1. The smallest absolute Gasteiger partial charge is 0.308 e. The number of nitrogens with zero attached hydrogens (tertiary/aromatic N) is 2. The average molecular weight is 306 g/mol. The molecule has 7 nitrogen and oxygen atoms in total. The Morgan fingerprint density at radius 1 is 1.32 bits per heavy atom. The molecule has 22 heavy (non-hydrogen) atoms. The lowest BCUT2D eigenvalue weighted by molar-refractivity contribution is -0.385. The molecular formula is C15H18N2O5. The number of rotatable bonds is 3. The quantitative estimate of drug-likeness (QED) is 0.681. The van der Waals surface area contributed by atoms with Crippen molar-refractivity contribution >= 4 is 17.6 Å². The molecule has 1 aliphatic heterocycles. The first-order valence-electron chi connectivity index (χ1n) is 7.09. The maximum atomic E-state index is 12.6. The number of carbonyl (C=O) groups is 2. The van der Waals surface area contributed by atoms with Gasteiger partial charge in [0, 0.05) is 30.3 Å². The summed E-state index contributed by atoms with van der Waals surface area (Å²) < 4.78 is 0. The molecule has 0 spiro atoms. The van der Waals surface area contributed by atoms with Crippen LogP contribution >= 0.6 is 0 Å². The molecule has 1 amide bonds. The molecule has 1 fully saturated rings. The van der Waals surface area contributed by atoms with Crippen molar-refractivity contribution < 1.29 is 19.6 Å². The summed E-state index contributed by atoms with van der Waals surface area (Å²) in [5.41, 5.74) is 1.33. The number of piperidine rings is 1. The van der Waals surface area contributed by atoms with Gasteiger partial charge in [0.05, 0.1) is 10.8 Å². The van der Waals surface area contributed by atoms with Crippen molar-refractivity contribution in [2.75, 3.05) is 13.1 Å². The first kappa shape index (κ1) is 15.9. The average Bonchev–Trinajstić information content (AvgIpc) is 2.46. The lowest BCUT2D eigenvalue weighted by Gasteiger charge is -2.31. The molecule has 0 aliphatic carbocycles.